The molecule has 1 fully saturated rings. The Balaban J connectivity index is 0.00000115. The maximum absolute atomic E-state index is 14.9. The maximum Gasteiger partial charge on any atom is 0.290 e. The van der Waals surface area contributed by atoms with Crippen molar-refractivity contribution in [3.8, 4) is 0 Å². The van der Waals surface area contributed by atoms with Gasteiger partial charge in [-0.1, -0.05) is 41.9 Å². The number of hydrogen-bond acceptors (Lipinski definition) is 7. The maximum atomic E-state index is 14.9. The number of nitrogens with one attached hydrogen (secondary N) is 1. The molecular formula is C24H28ClFN4O4S2. The van der Waals surface area contributed by atoms with E-state index in [0.717, 1.165) is 25.9 Å². The lowest BCUT2D eigenvalue weighted by Gasteiger charge is -2.40. The molecule has 1 aliphatic rings. The SMILES string of the molecule is C[C@H](c1ccccc1)N1CCC(N(C)c2cc(F)c(S(=O)(=O)Nc3cscn3)cc2Cl)CC1.O=CO. The van der Waals surface area contributed by atoms with E-state index in [1.807, 2.05) is 18.0 Å². The standard InChI is InChI=1S/C23H26ClFN4O2S2.CH2O2/c1-16(17-6-4-3-5-7-17)29-10-8-18(9-11-29)28(2)21-13-20(25)22(12-19(21)24)33(30,31)27-23-14-32-15-26-23;2-1-3/h3-7,12-16,18,27H,8-11H2,1-2H3;1H,(H,2,3)/t16-;/m1./s1. The van der Waals surface area contributed by atoms with Gasteiger partial charge < -0.3 is 10.0 Å². The van der Waals surface area contributed by atoms with Crippen molar-refractivity contribution < 1.29 is 22.7 Å². The third-order valence-corrected chi connectivity index (χ3v) is 8.48. The fraction of sp³-hybridized carbons (Fsp3) is 0.333. The van der Waals surface area contributed by atoms with Crippen LogP contribution in [0.4, 0.5) is 15.9 Å². The van der Waals surface area contributed by atoms with Crippen molar-refractivity contribution >= 4 is 50.9 Å². The van der Waals surface area contributed by atoms with Gasteiger partial charge in [0, 0.05) is 43.7 Å². The Labute approximate surface area is 219 Å². The summed E-state index contributed by atoms with van der Waals surface area (Å²) in [4.78, 5) is 16.2. The largest absolute Gasteiger partial charge is 0.483 e. The summed E-state index contributed by atoms with van der Waals surface area (Å²) in [7, 11) is -2.26. The van der Waals surface area contributed by atoms with E-state index in [1.165, 1.54) is 39.9 Å². The number of likely N-dealkylation sites (tertiary alicyclic amines) is 1. The predicted octanol–water partition coefficient (Wildman–Crippen LogP) is 5.10. The Hall–Kier alpha value is -2.73. The molecule has 0 spiro atoms. The van der Waals surface area contributed by atoms with Crippen LogP contribution in [0.2, 0.25) is 5.02 Å². The average Bonchev–Trinajstić information content (AvgIpc) is 3.37. The van der Waals surface area contributed by atoms with Crippen LogP contribution in [-0.4, -0.2) is 56.1 Å². The molecule has 1 aliphatic heterocycles. The van der Waals surface area contributed by atoms with E-state index < -0.39 is 20.7 Å². The van der Waals surface area contributed by atoms with Gasteiger partial charge in [-0.05, 0) is 31.4 Å². The Morgan fingerprint density at radius 1 is 1.28 bits per heavy atom. The Morgan fingerprint density at radius 3 is 2.50 bits per heavy atom. The van der Waals surface area contributed by atoms with Gasteiger partial charge >= 0.3 is 0 Å². The van der Waals surface area contributed by atoms with E-state index in [0.29, 0.717) is 11.7 Å². The zero-order chi connectivity index (χ0) is 26.3. The topological polar surface area (TPSA) is 103 Å². The van der Waals surface area contributed by atoms with Crippen LogP contribution >= 0.6 is 22.9 Å². The Kier molecular flexibility index (Phi) is 9.66. The second kappa shape index (κ2) is 12.5. The van der Waals surface area contributed by atoms with E-state index in [9.17, 15) is 12.8 Å². The zero-order valence-electron chi connectivity index (χ0n) is 19.8. The van der Waals surface area contributed by atoms with Gasteiger partial charge in [0.05, 0.1) is 16.2 Å². The first kappa shape index (κ1) is 27.9. The van der Waals surface area contributed by atoms with Crippen molar-refractivity contribution in [3.05, 3.63) is 69.8 Å². The fourth-order valence-electron chi connectivity index (χ4n) is 4.25. The number of halogens is 2. The minimum atomic E-state index is -4.14. The van der Waals surface area contributed by atoms with Crippen LogP contribution in [0.15, 0.2) is 58.3 Å². The van der Waals surface area contributed by atoms with Crippen molar-refractivity contribution in [2.75, 3.05) is 29.8 Å². The van der Waals surface area contributed by atoms with E-state index >= 15 is 0 Å². The Bertz CT molecular complexity index is 1240. The van der Waals surface area contributed by atoms with Crippen LogP contribution in [0, 0.1) is 5.82 Å². The summed E-state index contributed by atoms with van der Waals surface area (Å²) in [5, 5.41) is 8.61. The highest BCUT2D eigenvalue weighted by atomic mass is 35.5. The molecule has 0 aliphatic carbocycles. The summed E-state index contributed by atoms with van der Waals surface area (Å²) < 4.78 is 42.4. The van der Waals surface area contributed by atoms with Gasteiger partial charge in [0.25, 0.3) is 16.5 Å². The first-order valence-electron chi connectivity index (χ1n) is 11.2. The number of benzene rings is 2. The molecule has 8 nitrogen and oxygen atoms in total. The van der Waals surface area contributed by atoms with E-state index in [-0.39, 0.29) is 23.4 Å². The summed E-state index contributed by atoms with van der Waals surface area (Å²) in [5.74, 6) is -0.702. The number of hydrogen-bond donors (Lipinski definition) is 2. The number of anilines is 2. The third kappa shape index (κ3) is 6.73. The molecule has 3 aromatic rings. The second-order valence-electron chi connectivity index (χ2n) is 8.28. The third-order valence-electron chi connectivity index (χ3n) is 6.22. The molecule has 36 heavy (non-hydrogen) atoms. The molecule has 1 atom stereocenters. The molecule has 12 heteroatoms. The number of rotatable bonds is 7. The molecule has 2 N–H and O–H groups in total. The number of carbonyl (C=O) groups is 1. The highest BCUT2D eigenvalue weighted by molar-refractivity contribution is 7.92. The van der Waals surface area contributed by atoms with E-state index in [4.69, 9.17) is 21.5 Å². The summed E-state index contributed by atoms with van der Waals surface area (Å²) in [5.41, 5.74) is 3.26. The van der Waals surface area contributed by atoms with Crippen molar-refractivity contribution in [1.29, 1.82) is 0 Å². The first-order valence-corrected chi connectivity index (χ1v) is 14.0. The van der Waals surface area contributed by atoms with Crippen LogP contribution in [0.1, 0.15) is 31.4 Å². The highest BCUT2D eigenvalue weighted by Gasteiger charge is 2.29. The molecule has 0 saturated carbocycles. The van der Waals surface area contributed by atoms with Gasteiger partial charge in [0.1, 0.15) is 10.7 Å². The van der Waals surface area contributed by atoms with Gasteiger partial charge in [-0.3, -0.25) is 14.4 Å². The molecule has 4 rings (SSSR count). The van der Waals surface area contributed by atoms with Gasteiger partial charge in [-0.2, -0.15) is 0 Å². The smallest absolute Gasteiger partial charge is 0.290 e. The fourth-order valence-corrected chi connectivity index (χ4v) is 6.26. The van der Waals surface area contributed by atoms with E-state index in [2.05, 4.69) is 45.8 Å². The second-order valence-corrected chi connectivity index (χ2v) is 11.1. The molecule has 0 amide bonds. The van der Waals surface area contributed by atoms with Crippen molar-refractivity contribution in [1.82, 2.24) is 9.88 Å². The van der Waals surface area contributed by atoms with Gasteiger partial charge in [-0.25, -0.2) is 17.8 Å². The van der Waals surface area contributed by atoms with Crippen LogP contribution in [0.5, 0.6) is 0 Å². The van der Waals surface area contributed by atoms with Crippen LogP contribution in [-0.2, 0) is 14.8 Å². The summed E-state index contributed by atoms with van der Waals surface area (Å²) >= 11 is 7.68. The normalized spacial score (nSPS) is 15.4. The molecule has 0 unspecified atom stereocenters. The molecule has 2 aromatic carbocycles. The number of sulfonamides is 1. The minimum Gasteiger partial charge on any atom is -0.483 e. The molecule has 2 heterocycles. The predicted molar refractivity (Wildman–Crippen MR) is 141 cm³/mol. The Morgan fingerprint density at radius 2 is 1.92 bits per heavy atom. The molecular weight excluding hydrogens is 527 g/mol. The lowest BCUT2D eigenvalue weighted by Crippen LogP contribution is -2.44. The summed E-state index contributed by atoms with van der Waals surface area (Å²) in [6.45, 7) is 3.79. The van der Waals surface area contributed by atoms with Gasteiger partial charge in [-0.15, -0.1) is 11.3 Å². The van der Waals surface area contributed by atoms with Crippen molar-refractivity contribution in [3.63, 3.8) is 0 Å². The highest BCUT2D eigenvalue weighted by Crippen LogP contribution is 2.34. The van der Waals surface area contributed by atoms with Crippen molar-refractivity contribution in [2.45, 2.75) is 36.7 Å². The number of thiazole rings is 1. The van der Waals surface area contributed by atoms with Crippen LogP contribution in [0.3, 0.4) is 0 Å². The number of nitrogens with zero attached hydrogens (tertiary/aromatic N) is 3. The molecule has 194 valence electrons. The lowest BCUT2D eigenvalue weighted by molar-refractivity contribution is -0.122. The van der Waals surface area contributed by atoms with E-state index in [1.54, 1.807) is 0 Å². The van der Waals surface area contributed by atoms with Crippen LogP contribution in [0.25, 0.3) is 0 Å². The minimum absolute atomic E-state index is 0.146. The number of aromatic nitrogens is 1. The molecule has 1 aromatic heterocycles. The quantitative estimate of drug-likeness (QED) is 0.392. The van der Waals surface area contributed by atoms with Crippen LogP contribution < -0.4 is 9.62 Å². The number of carboxylic acid groups (broad SMARTS) is 1. The summed E-state index contributed by atoms with van der Waals surface area (Å²) in [6.07, 6.45) is 1.80. The zero-order valence-corrected chi connectivity index (χ0v) is 22.2. The molecule has 1 saturated heterocycles. The summed E-state index contributed by atoms with van der Waals surface area (Å²) in [6, 6.07) is 13.3. The van der Waals surface area contributed by atoms with Gasteiger partial charge in [0.2, 0.25) is 0 Å². The number of piperidine rings is 1. The van der Waals surface area contributed by atoms with Crippen molar-refractivity contribution in [2.24, 2.45) is 0 Å². The monoisotopic (exact) mass is 554 g/mol. The first-order chi connectivity index (χ1) is 17.2. The molecule has 0 radical (unpaired) electrons. The average molecular weight is 555 g/mol. The lowest BCUT2D eigenvalue weighted by atomic mass is 9.99. The molecule has 0 bridgehead atoms. The van der Waals surface area contributed by atoms with Gasteiger partial charge in [0.15, 0.2) is 5.82 Å².